The summed E-state index contributed by atoms with van der Waals surface area (Å²) in [6.07, 6.45) is 0. The van der Waals surface area contributed by atoms with Crippen LogP contribution in [0.4, 0.5) is 0 Å². The van der Waals surface area contributed by atoms with Crippen molar-refractivity contribution < 1.29 is 0 Å². The van der Waals surface area contributed by atoms with Gasteiger partial charge in [0.2, 0.25) is 0 Å². The number of halogens is 2. The van der Waals surface area contributed by atoms with E-state index < -0.39 is 0 Å². The van der Waals surface area contributed by atoms with Crippen LogP contribution in [-0.4, -0.2) is 24.0 Å². The molecule has 0 amide bonds. The van der Waals surface area contributed by atoms with E-state index in [-0.39, 0.29) is 6.04 Å². The summed E-state index contributed by atoms with van der Waals surface area (Å²) < 4.78 is 0. The number of nitrogens with zero attached hydrogens (tertiary/aromatic N) is 1. The molecular formula is C12H16Cl2N2. The van der Waals surface area contributed by atoms with Crippen molar-refractivity contribution in [2.24, 2.45) is 11.7 Å². The van der Waals surface area contributed by atoms with Gasteiger partial charge in [-0.2, -0.15) is 0 Å². The summed E-state index contributed by atoms with van der Waals surface area (Å²) >= 11 is 12.0. The van der Waals surface area contributed by atoms with Crippen molar-refractivity contribution in [1.82, 2.24) is 4.90 Å². The predicted octanol–water partition coefficient (Wildman–Crippen LogP) is 2.77. The third-order valence-electron chi connectivity index (χ3n) is 3.16. The Bertz CT molecular complexity index is 371. The van der Waals surface area contributed by atoms with Crippen molar-refractivity contribution in [3.63, 3.8) is 0 Å². The van der Waals surface area contributed by atoms with Gasteiger partial charge in [0, 0.05) is 35.7 Å². The van der Waals surface area contributed by atoms with Gasteiger partial charge in [0.15, 0.2) is 0 Å². The van der Waals surface area contributed by atoms with Crippen LogP contribution in [-0.2, 0) is 6.54 Å². The maximum atomic E-state index is 6.14. The summed E-state index contributed by atoms with van der Waals surface area (Å²) in [6.45, 7) is 5.03. The molecule has 1 aromatic carbocycles. The van der Waals surface area contributed by atoms with E-state index in [0.717, 1.165) is 30.2 Å². The maximum absolute atomic E-state index is 6.14. The highest BCUT2D eigenvalue weighted by Crippen LogP contribution is 2.24. The molecule has 0 radical (unpaired) electrons. The molecule has 1 saturated heterocycles. The minimum atomic E-state index is 0.283. The Morgan fingerprint density at radius 3 is 2.69 bits per heavy atom. The Kier molecular flexibility index (Phi) is 3.75. The molecule has 0 aliphatic carbocycles. The second-order valence-electron chi connectivity index (χ2n) is 4.57. The highest BCUT2D eigenvalue weighted by atomic mass is 35.5. The van der Waals surface area contributed by atoms with Crippen LogP contribution >= 0.6 is 23.2 Å². The van der Waals surface area contributed by atoms with Gasteiger partial charge in [-0.25, -0.2) is 0 Å². The number of benzene rings is 1. The monoisotopic (exact) mass is 258 g/mol. The van der Waals surface area contributed by atoms with E-state index in [1.807, 2.05) is 12.1 Å². The van der Waals surface area contributed by atoms with E-state index in [2.05, 4.69) is 11.8 Å². The second kappa shape index (κ2) is 4.92. The van der Waals surface area contributed by atoms with Gasteiger partial charge in [-0.15, -0.1) is 0 Å². The Morgan fingerprint density at radius 2 is 2.12 bits per heavy atom. The first kappa shape index (κ1) is 12.2. The molecule has 88 valence electrons. The van der Waals surface area contributed by atoms with Gasteiger partial charge in [-0.1, -0.05) is 36.2 Å². The summed E-state index contributed by atoms with van der Waals surface area (Å²) in [7, 11) is 0. The van der Waals surface area contributed by atoms with Crippen molar-refractivity contribution >= 4 is 23.2 Å². The summed E-state index contributed by atoms with van der Waals surface area (Å²) in [5.74, 6) is 0.561. The van der Waals surface area contributed by atoms with Crippen LogP contribution in [0.1, 0.15) is 12.5 Å². The molecule has 1 aliphatic heterocycles. The summed E-state index contributed by atoms with van der Waals surface area (Å²) in [6, 6.07) is 5.94. The number of likely N-dealkylation sites (tertiary alicyclic amines) is 1. The standard InChI is InChI=1S/C12H16Cl2N2/c1-8-5-16(7-12(8)15)6-9-2-3-10(13)4-11(9)14/h2-4,8,12H,5-7,15H2,1H3. The average Bonchev–Trinajstić information content (AvgIpc) is 2.51. The zero-order chi connectivity index (χ0) is 11.7. The maximum Gasteiger partial charge on any atom is 0.0465 e. The molecule has 2 unspecified atom stereocenters. The fourth-order valence-corrected chi connectivity index (χ4v) is 2.58. The summed E-state index contributed by atoms with van der Waals surface area (Å²) in [5, 5.41) is 1.42. The molecule has 1 aromatic rings. The van der Waals surface area contributed by atoms with E-state index >= 15 is 0 Å². The predicted molar refractivity (Wildman–Crippen MR) is 68.9 cm³/mol. The van der Waals surface area contributed by atoms with Crippen molar-refractivity contribution in [2.45, 2.75) is 19.5 Å². The van der Waals surface area contributed by atoms with Crippen LogP contribution < -0.4 is 5.73 Å². The molecule has 0 saturated carbocycles. The van der Waals surface area contributed by atoms with Crippen LogP contribution in [0.3, 0.4) is 0 Å². The quantitative estimate of drug-likeness (QED) is 0.884. The van der Waals surface area contributed by atoms with Gasteiger partial charge >= 0.3 is 0 Å². The van der Waals surface area contributed by atoms with Gasteiger partial charge in [0.1, 0.15) is 0 Å². The topological polar surface area (TPSA) is 29.3 Å². The van der Waals surface area contributed by atoms with Crippen LogP contribution in [0, 0.1) is 5.92 Å². The van der Waals surface area contributed by atoms with E-state index in [4.69, 9.17) is 28.9 Å². The lowest BCUT2D eigenvalue weighted by atomic mass is 10.1. The Labute approximate surface area is 106 Å². The van der Waals surface area contributed by atoms with Crippen molar-refractivity contribution in [3.05, 3.63) is 33.8 Å². The van der Waals surface area contributed by atoms with Gasteiger partial charge in [0.25, 0.3) is 0 Å². The molecule has 1 fully saturated rings. The molecule has 2 N–H and O–H groups in total. The first-order valence-electron chi connectivity index (χ1n) is 5.48. The van der Waals surface area contributed by atoms with E-state index in [1.54, 1.807) is 6.07 Å². The summed E-state index contributed by atoms with van der Waals surface area (Å²) in [4.78, 5) is 2.34. The van der Waals surface area contributed by atoms with Crippen molar-refractivity contribution in [2.75, 3.05) is 13.1 Å². The molecule has 1 heterocycles. The Balaban J connectivity index is 2.05. The first-order valence-corrected chi connectivity index (χ1v) is 6.23. The number of hydrogen-bond donors (Lipinski definition) is 1. The zero-order valence-corrected chi connectivity index (χ0v) is 10.8. The molecule has 4 heteroatoms. The Hall–Kier alpha value is -0.280. The molecular weight excluding hydrogens is 243 g/mol. The summed E-state index contributed by atoms with van der Waals surface area (Å²) in [5.41, 5.74) is 7.11. The minimum Gasteiger partial charge on any atom is -0.326 e. The SMILES string of the molecule is CC1CN(Cc2ccc(Cl)cc2Cl)CC1N. The van der Waals surface area contributed by atoms with E-state index in [1.165, 1.54) is 0 Å². The lowest BCUT2D eigenvalue weighted by molar-refractivity contribution is 0.319. The molecule has 0 bridgehead atoms. The van der Waals surface area contributed by atoms with Crippen LogP contribution in [0.2, 0.25) is 10.0 Å². The van der Waals surface area contributed by atoms with Crippen molar-refractivity contribution in [3.8, 4) is 0 Å². The molecule has 0 aromatic heterocycles. The minimum absolute atomic E-state index is 0.283. The number of nitrogens with two attached hydrogens (primary N) is 1. The molecule has 2 atom stereocenters. The molecule has 16 heavy (non-hydrogen) atoms. The lowest BCUT2D eigenvalue weighted by Gasteiger charge is -2.16. The second-order valence-corrected chi connectivity index (χ2v) is 5.41. The fraction of sp³-hybridized carbons (Fsp3) is 0.500. The number of hydrogen-bond acceptors (Lipinski definition) is 2. The highest BCUT2D eigenvalue weighted by Gasteiger charge is 2.26. The molecule has 1 aliphatic rings. The van der Waals surface area contributed by atoms with Gasteiger partial charge in [-0.3, -0.25) is 4.90 Å². The van der Waals surface area contributed by atoms with E-state index in [0.29, 0.717) is 10.9 Å². The number of rotatable bonds is 2. The third-order valence-corrected chi connectivity index (χ3v) is 3.74. The molecule has 2 nitrogen and oxygen atoms in total. The van der Waals surface area contributed by atoms with Gasteiger partial charge < -0.3 is 5.73 Å². The van der Waals surface area contributed by atoms with Crippen LogP contribution in [0.25, 0.3) is 0 Å². The smallest absolute Gasteiger partial charge is 0.0465 e. The molecule has 2 rings (SSSR count). The molecule has 0 spiro atoms. The van der Waals surface area contributed by atoms with Gasteiger partial charge in [-0.05, 0) is 23.6 Å². The van der Waals surface area contributed by atoms with Crippen molar-refractivity contribution in [1.29, 1.82) is 0 Å². The van der Waals surface area contributed by atoms with Crippen LogP contribution in [0.5, 0.6) is 0 Å². The highest BCUT2D eigenvalue weighted by molar-refractivity contribution is 6.35. The largest absolute Gasteiger partial charge is 0.326 e. The Morgan fingerprint density at radius 1 is 1.38 bits per heavy atom. The first-order chi connectivity index (χ1) is 7.56. The van der Waals surface area contributed by atoms with Crippen LogP contribution in [0.15, 0.2) is 18.2 Å². The average molecular weight is 259 g/mol. The van der Waals surface area contributed by atoms with Gasteiger partial charge in [0.05, 0.1) is 0 Å². The fourth-order valence-electron chi connectivity index (χ4n) is 2.12. The zero-order valence-electron chi connectivity index (χ0n) is 9.29. The third kappa shape index (κ3) is 2.69. The normalized spacial score (nSPS) is 26.2. The van der Waals surface area contributed by atoms with E-state index in [9.17, 15) is 0 Å². The lowest BCUT2D eigenvalue weighted by Crippen LogP contribution is -2.28.